The molecule has 1 aromatic carbocycles. The molecule has 0 aliphatic rings. The van der Waals surface area contributed by atoms with Crippen LogP contribution in [-0.4, -0.2) is 30.4 Å². The van der Waals surface area contributed by atoms with Gasteiger partial charge in [0.15, 0.2) is 0 Å². The number of esters is 1. The summed E-state index contributed by atoms with van der Waals surface area (Å²) in [6, 6.07) is 6.72. The zero-order valence-corrected chi connectivity index (χ0v) is 10.3. The number of hydrogen-bond donors (Lipinski definition) is 1. The molecule has 4 heteroatoms. The Balaban J connectivity index is 2.59. The Hall–Kier alpha value is -1.55. The van der Waals surface area contributed by atoms with Crippen LogP contribution < -0.4 is 4.74 Å². The normalized spacial score (nSPS) is 13.9. The SMILES string of the molecule is COC(=O)c1ccc(O[C@@H](C)C[C@@H](C)O)cc1. The molecule has 0 unspecified atom stereocenters. The van der Waals surface area contributed by atoms with Crippen LogP contribution in [0.3, 0.4) is 0 Å². The van der Waals surface area contributed by atoms with Gasteiger partial charge >= 0.3 is 5.97 Å². The quantitative estimate of drug-likeness (QED) is 0.797. The topological polar surface area (TPSA) is 55.8 Å². The summed E-state index contributed by atoms with van der Waals surface area (Å²) in [5, 5.41) is 9.21. The monoisotopic (exact) mass is 238 g/mol. The highest BCUT2D eigenvalue weighted by atomic mass is 16.5. The number of carbonyl (C=O) groups excluding carboxylic acids is 1. The first-order chi connectivity index (χ1) is 8.02. The summed E-state index contributed by atoms with van der Waals surface area (Å²) in [6.45, 7) is 3.61. The number of rotatable bonds is 5. The van der Waals surface area contributed by atoms with Gasteiger partial charge in [0.2, 0.25) is 0 Å². The fraction of sp³-hybridized carbons (Fsp3) is 0.462. The molecule has 0 amide bonds. The minimum Gasteiger partial charge on any atom is -0.491 e. The third-order valence-corrected chi connectivity index (χ3v) is 2.29. The summed E-state index contributed by atoms with van der Waals surface area (Å²) in [7, 11) is 1.34. The molecule has 0 aromatic heterocycles. The van der Waals surface area contributed by atoms with Crippen molar-refractivity contribution in [3.05, 3.63) is 29.8 Å². The number of aliphatic hydroxyl groups excluding tert-OH is 1. The van der Waals surface area contributed by atoms with Gasteiger partial charge in [0.25, 0.3) is 0 Å². The van der Waals surface area contributed by atoms with Crippen LogP contribution in [0.1, 0.15) is 30.6 Å². The van der Waals surface area contributed by atoms with Gasteiger partial charge in [0.1, 0.15) is 5.75 Å². The smallest absolute Gasteiger partial charge is 0.337 e. The molecule has 0 spiro atoms. The van der Waals surface area contributed by atoms with Crippen molar-refractivity contribution in [1.29, 1.82) is 0 Å². The molecule has 0 heterocycles. The average molecular weight is 238 g/mol. The molecule has 0 bridgehead atoms. The predicted octanol–water partition coefficient (Wildman–Crippen LogP) is 2.01. The van der Waals surface area contributed by atoms with E-state index in [0.717, 1.165) is 0 Å². The Bertz CT molecular complexity index is 356. The molecule has 0 saturated heterocycles. The highest BCUT2D eigenvalue weighted by Crippen LogP contribution is 2.16. The fourth-order valence-electron chi connectivity index (χ4n) is 1.55. The van der Waals surface area contributed by atoms with Crippen molar-refractivity contribution in [2.45, 2.75) is 32.5 Å². The lowest BCUT2D eigenvalue weighted by atomic mass is 10.2. The van der Waals surface area contributed by atoms with E-state index in [1.54, 1.807) is 31.2 Å². The van der Waals surface area contributed by atoms with Gasteiger partial charge in [0, 0.05) is 6.42 Å². The first-order valence-electron chi connectivity index (χ1n) is 5.56. The molecule has 0 aliphatic carbocycles. The van der Waals surface area contributed by atoms with Crippen LogP contribution in [0.25, 0.3) is 0 Å². The van der Waals surface area contributed by atoms with Crippen LogP contribution in [0.4, 0.5) is 0 Å². The van der Waals surface area contributed by atoms with Gasteiger partial charge in [-0.25, -0.2) is 4.79 Å². The Labute approximate surface area is 101 Å². The van der Waals surface area contributed by atoms with Crippen LogP contribution in [0.2, 0.25) is 0 Å². The molecule has 2 atom stereocenters. The molecule has 0 aliphatic heterocycles. The lowest BCUT2D eigenvalue weighted by Gasteiger charge is -2.16. The largest absolute Gasteiger partial charge is 0.491 e. The lowest BCUT2D eigenvalue weighted by Crippen LogP contribution is -2.18. The molecule has 94 valence electrons. The van der Waals surface area contributed by atoms with E-state index in [0.29, 0.717) is 17.7 Å². The van der Waals surface area contributed by atoms with E-state index in [1.165, 1.54) is 7.11 Å². The van der Waals surface area contributed by atoms with Gasteiger partial charge in [0.05, 0.1) is 24.9 Å². The lowest BCUT2D eigenvalue weighted by molar-refractivity contribution is 0.0600. The number of benzene rings is 1. The minimum absolute atomic E-state index is 0.0704. The Morgan fingerprint density at radius 1 is 1.29 bits per heavy atom. The van der Waals surface area contributed by atoms with Gasteiger partial charge in [-0.1, -0.05) is 0 Å². The third kappa shape index (κ3) is 4.44. The summed E-state index contributed by atoms with van der Waals surface area (Å²) in [5.41, 5.74) is 0.489. The number of ether oxygens (including phenoxy) is 2. The van der Waals surface area contributed by atoms with E-state index < -0.39 is 0 Å². The van der Waals surface area contributed by atoms with E-state index >= 15 is 0 Å². The van der Waals surface area contributed by atoms with E-state index in [-0.39, 0.29) is 18.2 Å². The maximum Gasteiger partial charge on any atom is 0.337 e. The first-order valence-corrected chi connectivity index (χ1v) is 5.56. The Kier molecular flexibility index (Phi) is 4.97. The summed E-state index contributed by atoms with van der Waals surface area (Å²) < 4.78 is 10.2. The maximum absolute atomic E-state index is 11.2. The summed E-state index contributed by atoms with van der Waals surface area (Å²) in [4.78, 5) is 11.2. The molecule has 0 radical (unpaired) electrons. The molecule has 4 nitrogen and oxygen atoms in total. The van der Waals surface area contributed by atoms with Crippen LogP contribution >= 0.6 is 0 Å². The van der Waals surface area contributed by atoms with Gasteiger partial charge in [-0.3, -0.25) is 0 Å². The molecule has 1 N–H and O–H groups in total. The van der Waals surface area contributed by atoms with E-state index in [2.05, 4.69) is 4.74 Å². The van der Waals surface area contributed by atoms with Crippen molar-refractivity contribution in [1.82, 2.24) is 0 Å². The van der Waals surface area contributed by atoms with Gasteiger partial charge in [-0.15, -0.1) is 0 Å². The average Bonchev–Trinajstić information content (AvgIpc) is 2.28. The van der Waals surface area contributed by atoms with Gasteiger partial charge < -0.3 is 14.6 Å². The standard InChI is InChI=1S/C13H18O4/c1-9(14)8-10(2)17-12-6-4-11(5-7-12)13(15)16-3/h4-7,9-10,14H,8H2,1-3H3/t9-,10+/m1/s1. The Morgan fingerprint density at radius 2 is 1.88 bits per heavy atom. The zero-order valence-electron chi connectivity index (χ0n) is 10.3. The fourth-order valence-corrected chi connectivity index (χ4v) is 1.55. The van der Waals surface area contributed by atoms with Crippen molar-refractivity contribution < 1.29 is 19.4 Å². The minimum atomic E-state index is -0.389. The summed E-state index contributed by atoms with van der Waals surface area (Å²) >= 11 is 0. The van der Waals surface area contributed by atoms with Crippen LogP contribution in [0.5, 0.6) is 5.75 Å². The maximum atomic E-state index is 11.2. The van der Waals surface area contributed by atoms with Crippen molar-refractivity contribution in [3.8, 4) is 5.75 Å². The van der Waals surface area contributed by atoms with E-state index in [1.807, 2.05) is 6.92 Å². The first kappa shape index (κ1) is 13.5. The van der Waals surface area contributed by atoms with Crippen LogP contribution in [-0.2, 0) is 4.74 Å². The molecule has 0 saturated carbocycles. The molecule has 17 heavy (non-hydrogen) atoms. The Morgan fingerprint density at radius 3 is 2.35 bits per heavy atom. The van der Waals surface area contributed by atoms with Crippen LogP contribution in [0.15, 0.2) is 24.3 Å². The third-order valence-electron chi connectivity index (χ3n) is 2.29. The molecule has 1 rings (SSSR count). The van der Waals surface area contributed by atoms with Crippen molar-refractivity contribution in [2.75, 3.05) is 7.11 Å². The number of carbonyl (C=O) groups is 1. The second-order valence-electron chi connectivity index (χ2n) is 4.03. The van der Waals surface area contributed by atoms with Crippen molar-refractivity contribution in [3.63, 3.8) is 0 Å². The second kappa shape index (κ2) is 6.25. The second-order valence-corrected chi connectivity index (χ2v) is 4.03. The van der Waals surface area contributed by atoms with Gasteiger partial charge in [-0.05, 0) is 38.1 Å². The number of hydrogen-bond acceptors (Lipinski definition) is 4. The van der Waals surface area contributed by atoms with Crippen LogP contribution in [0, 0.1) is 0 Å². The highest BCUT2D eigenvalue weighted by molar-refractivity contribution is 5.89. The van der Waals surface area contributed by atoms with Crippen molar-refractivity contribution >= 4 is 5.97 Å². The molecular formula is C13H18O4. The van der Waals surface area contributed by atoms with Crippen molar-refractivity contribution in [2.24, 2.45) is 0 Å². The zero-order chi connectivity index (χ0) is 12.8. The number of methoxy groups -OCH3 is 1. The molecule has 0 fully saturated rings. The number of aliphatic hydroxyl groups is 1. The summed E-state index contributed by atoms with van der Waals surface area (Å²) in [6.07, 6.45) is 0.108. The summed E-state index contributed by atoms with van der Waals surface area (Å²) in [5.74, 6) is 0.305. The highest BCUT2D eigenvalue weighted by Gasteiger charge is 2.09. The van der Waals surface area contributed by atoms with E-state index in [4.69, 9.17) is 4.74 Å². The van der Waals surface area contributed by atoms with E-state index in [9.17, 15) is 9.90 Å². The molecule has 1 aromatic rings. The predicted molar refractivity (Wildman–Crippen MR) is 64.2 cm³/mol. The van der Waals surface area contributed by atoms with Gasteiger partial charge in [-0.2, -0.15) is 0 Å². The molecular weight excluding hydrogens is 220 g/mol.